The first-order valence-corrected chi connectivity index (χ1v) is 6.60. The Morgan fingerprint density at radius 2 is 2.00 bits per heavy atom. The van der Waals surface area contributed by atoms with Crippen molar-refractivity contribution in [2.45, 2.75) is 10.6 Å². The van der Waals surface area contributed by atoms with Gasteiger partial charge in [-0.1, -0.05) is 0 Å². The largest absolute Gasteiger partial charge is 0.399 e. The summed E-state index contributed by atoms with van der Waals surface area (Å²) in [7, 11) is -1.15. The number of nitrogens with zero attached hydrogens (tertiary/aromatic N) is 2. The van der Waals surface area contributed by atoms with Gasteiger partial charge in [0.1, 0.15) is 11.8 Å². The molecule has 0 saturated heterocycles. The second-order valence-electron chi connectivity index (χ2n) is 3.72. The highest BCUT2D eigenvalue weighted by molar-refractivity contribution is 7.84. The average Bonchev–Trinajstić information content (AvgIpc) is 2.39. The third kappa shape index (κ3) is 2.93. The first kappa shape index (κ1) is 12.3. The summed E-state index contributed by atoms with van der Waals surface area (Å²) in [6.07, 6.45) is 1.55. The molecule has 0 saturated carbocycles. The third-order valence-electron chi connectivity index (χ3n) is 2.38. The van der Waals surface area contributed by atoms with Crippen LogP contribution in [0.3, 0.4) is 0 Å². The van der Waals surface area contributed by atoms with Crippen molar-refractivity contribution in [3.8, 4) is 6.07 Å². The lowest BCUT2D eigenvalue weighted by Gasteiger charge is -2.03. The Morgan fingerprint density at radius 1 is 1.28 bits per heavy atom. The fraction of sp³-hybridized carbons (Fsp3) is 0.0769. The van der Waals surface area contributed by atoms with Crippen molar-refractivity contribution >= 4 is 16.5 Å². The van der Waals surface area contributed by atoms with Gasteiger partial charge in [-0.3, -0.25) is 4.21 Å². The van der Waals surface area contributed by atoms with Crippen LogP contribution in [-0.4, -0.2) is 9.19 Å². The van der Waals surface area contributed by atoms with E-state index in [2.05, 4.69) is 4.98 Å². The van der Waals surface area contributed by atoms with Crippen LogP contribution in [0.25, 0.3) is 0 Å². The van der Waals surface area contributed by atoms with Crippen LogP contribution in [0, 0.1) is 11.3 Å². The molecule has 2 rings (SSSR count). The van der Waals surface area contributed by atoms with Crippen LogP contribution in [0.1, 0.15) is 11.3 Å². The van der Waals surface area contributed by atoms with E-state index in [1.165, 1.54) is 0 Å². The molecule has 0 amide bonds. The maximum Gasteiger partial charge on any atom is 0.140 e. The van der Waals surface area contributed by atoms with Crippen molar-refractivity contribution < 1.29 is 4.21 Å². The van der Waals surface area contributed by atoms with Gasteiger partial charge in [0.25, 0.3) is 0 Å². The lowest BCUT2D eigenvalue weighted by Crippen LogP contribution is -1.98. The summed E-state index contributed by atoms with van der Waals surface area (Å²) in [5, 5.41) is 8.74. The molecule has 4 nitrogen and oxygen atoms in total. The summed E-state index contributed by atoms with van der Waals surface area (Å²) in [6.45, 7) is 0. The SMILES string of the molecule is N#Cc1cc(CS(=O)c2ccc(N)cc2)ccn1. The second kappa shape index (κ2) is 5.43. The molecule has 0 spiro atoms. The molecule has 18 heavy (non-hydrogen) atoms. The predicted molar refractivity (Wildman–Crippen MR) is 69.9 cm³/mol. The zero-order valence-electron chi connectivity index (χ0n) is 9.54. The molecule has 2 aromatic rings. The zero-order valence-corrected chi connectivity index (χ0v) is 10.4. The van der Waals surface area contributed by atoms with Crippen molar-refractivity contribution in [2.24, 2.45) is 0 Å². The Hall–Kier alpha value is -2.19. The van der Waals surface area contributed by atoms with E-state index in [0.29, 0.717) is 17.1 Å². The zero-order chi connectivity index (χ0) is 13.0. The summed E-state index contributed by atoms with van der Waals surface area (Å²) in [5.74, 6) is 0.362. The highest BCUT2D eigenvalue weighted by Crippen LogP contribution is 2.14. The van der Waals surface area contributed by atoms with E-state index >= 15 is 0 Å². The van der Waals surface area contributed by atoms with Gasteiger partial charge >= 0.3 is 0 Å². The maximum absolute atomic E-state index is 12.1. The lowest BCUT2D eigenvalue weighted by molar-refractivity contribution is 0.682. The highest BCUT2D eigenvalue weighted by Gasteiger charge is 2.06. The third-order valence-corrected chi connectivity index (χ3v) is 3.77. The molecule has 0 bridgehead atoms. The van der Waals surface area contributed by atoms with Crippen LogP contribution in [-0.2, 0) is 16.6 Å². The minimum Gasteiger partial charge on any atom is -0.399 e. The van der Waals surface area contributed by atoms with Crippen molar-refractivity contribution in [2.75, 3.05) is 5.73 Å². The number of pyridine rings is 1. The summed E-state index contributed by atoms with van der Waals surface area (Å²) < 4.78 is 12.1. The molecular weight excluding hydrogens is 246 g/mol. The Morgan fingerprint density at radius 3 is 2.67 bits per heavy atom. The smallest absolute Gasteiger partial charge is 0.140 e. The number of anilines is 1. The molecule has 0 aliphatic heterocycles. The molecule has 0 aliphatic carbocycles. The van der Waals surface area contributed by atoms with Gasteiger partial charge in [-0.15, -0.1) is 0 Å². The fourth-order valence-electron chi connectivity index (χ4n) is 1.48. The van der Waals surface area contributed by atoms with Gasteiger partial charge in [-0.05, 0) is 42.0 Å². The van der Waals surface area contributed by atoms with Crippen LogP contribution in [0.4, 0.5) is 5.69 Å². The average molecular weight is 257 g/mol. The molecular formula is C13H11N3OS. The van der Waals surface area contributed by atoms with E-state index in [0.717, 1.165) is 10.5 Å². The molecule has 0 aliphatic rings. The number of nitriles is 1. The Balaban J connectivity index is 2.16. The van der Waals surface area contributed by atoms with E-state index in [1.54, 1.807) is 42.6 Å². The van der Waals surface area contributed by atoms with Gasteiger partial charge in [-0.25, -0.2) is 4.98 Å². The van der Waals surface area contributed by atoms with Crippen LogP contribution in [0.2, 0.25) is 0 Å². The van der Waals surface area contributed by atoms with Gasteiger partial charge in [0.05, 0.1) is 16.6 Å². The number of hydrogen-bond donors (Lipinski definition) is 1. The van der Waals surface area contributed by atoms with E-state index in [4.69, 9.17) is 11.0 Å². The minimum absolute atomic E-state index is 0.335. The van der Waals surface area contributed by atoms with Crippen molar-refractivity contribution in [1.82, 2.24) is 4.98 Å². The van der Waals surface area contributed by atoms with Crippen LogP contribution < -0.4 is 5.73 Å². The molecule has 0 radical (unpaired) electrons. The number of aromatic nitrogens is 1. The molecule has 0 fully saturated rings. The van der Waals surface area contributed by atoms with Crippen LogP contribution >= 0.6 is 0 Å². The van der Waals surface area contributed by atoms with Crippen molar-refractivity contribution in [3.63, 3.8) is 0 Å². The van der Waals surface area contributed by atoms with Gasteiger partial charge in [0.15, 0.2) is 0 Å². The fourth-order valence-corrected chi connectivity index (χ4v) is 2.57. The molecule has 90 valence electrons. The molecule has 1 heterocycles. The summed E-state index contributed by atoms with van der Waals surface area (Å²) in [6, 6.07) is 12.3. The number of hydrogen-bond acceptors (Lipinski definition) is 4. The first-order chi connectivity index (χ1) is 8.69. The normalized spacial score (nSPS) is 11.7. The molecule has 1 atom stereocenters. The number of nitrogens with two attached hydrogens (primary N) is 1. The quantitative estimate of drug-likeness (QED) is 0.851. The summed E-state index contributed by atoms with van der Waals surface area (Å²) >= 11 is 0. The first-order valence-electron chi connectivity index (χ1n) is 5.28. The van der Waals surface area contributed by atoms with E-state index in [1.807, 2.05) is 6.07 Å². The molecule has 2 N–H and O–H groups in total. The Labute approximate surface area is 108 Å². The number of rotatable bonds is 3. The van der Waals surface area contributed by atoms with Gasteiger partial charge in [0.2, 0.25) is 0 Å². The van der Waals surface area contributed by atoms with Crippen molar-refractivity contribution in [1.29, 1.82) is 5.26 Å². The monoisotopic (exact) mass is 257 g/mol. The Kier molecular flexibility index (Phi) is 3.70. The molecule has 1 aromatic carbocycles. The van der Waals surface area contributed by atoms with Gasteiger partial charge < -0.3 is 5.73 Å². The molecule has 5 heteroatoms. The summed E-state index contributed by atoms with van der Waals surface area (Å²) in [4.78, 5) is 4.59. The Bertz CT molecular complexity index is 617. The highest BCUT2D eigenvalue weighted by atomic mass is 32.2. The maximum atomic E-state index is 12.1. The summed E-state index contributed by atoms with van der Waals surface area (Å²) in [5.41, 5.74) is 7.38. The lowest BCUT2D eigenvalue weighted by atomic mass is 10.2. The number of nitrogen functional groups attached to an aromatic ring is 1. The second-order valence-corrected chi connectivity index (χ2v) is 5.17. The topological polar surface area (TPSA) is 79.8 Å². The van der Waals surface area contributed by atoms with Gasteiger partial charge in [-0.2, -0.15) is 5.26 Å². The predicted octanol–water partition coefficient (Wildman–Crippen LogP) is 1.84. The van der Waals surface area contributed by atoms with Crippen LogP contribution in [0.15, 0.2) is 47.5 Å². The molecule has 1 unspecified atom stereocenters. The van der Waals surface area contributed by atoms with E-state index in [9.17, 15) is 4.21 Å². The van der Waals surface area contributed by atoms with Gasteiger partial charge in [0, 0.05) is 16.8 Å². The minimum atomic E-state index is -1.15. The standard InChI is InChI=1S/C13H11N3OS/c14-8-12-7-10(5-6-16-12)9-18(17)13-3-1-11(15)2-4-13/h1-7H,9,15H2. The number of benzene rings is 1. The molecule has 1 aromatic heterocycles. The van der Waals surface area contributed by atoms with E-state index < -0.39 is 10.8 Å². The van der Waals surface area contributed by atoms with E-state index in [-0.39, 0.29) is 0 Å². The van der Waals surface area contributed by atoms with Crippen LogP contribution in [0.5, 0.6) is 0 Å². The van der Waals surface area contributed by atoms with Crippen molar-refractivity contribution in [3.05, 3.63) is 53.9 Å².